The van der Waals surface area contributed by atoms with E-state index in [2.05, 4.69) is 92.3 Å². The molecular formula is C6H5Mn2N16Na4O6-. The maximum Gasteiger partial charge on any atom is 1.00 e. The molecule has 0 atom stereocenters. The first kappa shape index (κ1) is 47.4. The zero-order valence-corrected chi connectivity index (χ0v) is 27.9. The van der Waals surface area contributed by atoms with Gasteiger partial charge in [-0.15, -0.1) is 20.4 Å². The van der Waals surface area contributed by atoms with E-state index in [0.29, 0.717) is 11.6 Å². The van der Waals surface area contributed by atoms with Crippen LogP contribution in [0.1, 0.15) is 1.43 Å². The Balaban J connectivity index is -0.0000000601. The number of H-pyrrole nitrogens is 2. The van der Waals surface area contributed by atoms with Gasteiger partial charge in [0, 0.05) is 45.8 Å². The Morgan fingerprint density at radius 3 is 1.41 bits per heavy atom. The van der Waals surface area contributed by atoms with Crippen LogP contribution in [0.5, 0.6) is 0 Å². The van der Waals surface area contributed by atoms with Crippen LogP contribution in [0.25, 0.3) is 23.3 Å². The number of tetrazole rings is 4. The Hall–Kier alpha value is 0.179. The van der Waals surface area contributed by atoms with E-state index < -0.39 is 0 Å². The second kappa shape index (κ2) is 33.2. The first-order chi connectivity index (χ1) is 13.8. The van der Waals surface area contributed by atoms with Gasteiger partial charge in [0.15, 0.2) is 0 Å². The van der Waals surface area contributed by atoms with Crippen LogP contribution in [0.15, 0.2) is 0 Å². The van der Waals surface area contributed by atoms with Crippen LogP contribution in [0.4, 0.5) is 0 Å². The van der Waals surface area contributed by atoms with E-state index in [1.54, 1.807) is 0 Å². The predicted octanol–water partition coefficient (Wildman–Crippen LogP) is -17.9. The minimum atomic E-state index is -0.181. The fourth-order valence-corrected chi connectivity index (χ4v) is 0.981. The molecule has 0 amide bonds. The number of carbonyl (C=O) groups excluding carboxylic acids is 2. The Morgan fingerprint density at radius 2 is 1.24 bits per heavy atom. The van der Waals surface area contributed by atoms with Crippen molar-refractivity contribution in [1.82, 2.24) is 82.5 Å². The molecule has 3 N–H and O–H groups in total. The Kier molecular flexibility index (Phi) is 46.2. The molecule has 0 saturated heterocycles. The molecule has 22 nitrogen and oxygen atoms in total. The number of aromatic nitrogens is 16. The molecule has 4 aromatic rings. The molecule has 0 aliphatic heterocycles. The summed E-state index contributed by atoms with van der Waals surface area (Å²) in [5.41, 5.74) is 0. The van der Waals surface area contributed by atoms with Gasteiger partial charge in [-0.3, -0.25) is 25.4 Å². The van der Waals surface area contributed by atoms with E-state index in [-0.39, 0.29) is 172 Å². The van der Waals surface area contributed by atoms with Gasteiger partial charge < -0.3 is 31.5 Å². The number of rotatable bonds is 4. The van der Waals surface area contributed by atoms with Gasteiger partial charge in [-0.25, -0.2) is 5.26 Å². The van der Waals surface area contributed by atoms with Crippen molar-refractivity contribution in [1.29, 1.82) is 0 Å². The van der Waals surface area contributed by atoms with Crippen LogP contribution in [0.3, 0.4) is 0 Å². The van der Waals surface area contributed by atoms with E-state index in [0.717, 1.165) is 6.47 Å². The van der Waals surface area contributed by atoms with E-state index in [1.165, 1.54) is 0 Å². The van der Waals surface area contributed by atoms with E-state index in [4.69, 9.17) is 20.1 Å². The minimum absolute atomic E-state index is 0. The van der Waals surface area contributed by atoms with Crippen molar-refractivity contribution in [2.24, 2.45) is 0 Å². The van der Waals surface area contributed by atoms with Gasteiger partial charge in [0.05, 0.1) is 0 Å². The molecule has 0 unspecified atom stereocenters. The van der Waals surface area contributed by atoms with Crippen LogP contribution in [-0.4, -0.2) is 90.5 Å². The number of carbonyl (C=O) groups is 1. The summed E-state index contributed by atoms with van der Waals surface area (Å²) in [6.07, 6.45) is 0. The number of aromatic amines is 2. The average molecular weight is 599 g/mol. The van der Waals surface area contributed by atoms with Crippen LogP contribution >= 0.6 is 0 Å². The van der Waals surface area contributed by atoms with E-state index >= 15 is 0 Å². The topological polar surface area (TPSA) is 310 Å². The Morgan fingerprint density at radius 1 is 0.882 bits per heavy atom. The Labute approximate surface area is 298 Å². The van der Waals surface area contributed by atoms with Crippen molar-refractivity contribution in [2.75, 3.05) is 0 Å². The molecule has 4 rings (SSSR count). The normalized spacial score (nSPS) is 7.12. The molecule has 4 heterocycles. The average Bonchev–Trinajstić information content (AvgIpc) is 3.56. The van der Waals surface area contributed by atoms with Gasteiger partial charge in [-0.05, 0) is 16.9 Å². The molecular weight excluding hydrogens is 594 g/mol. The summed E-state index contributed by atoms with van der Waals surface area (Å²) in [6, 6.07) is 0. The molecule has 0 bridgehead atoms. The van der Waals surface area contributed by atoms with Gasteiger partial charge in [-0.2, -0.15) is 20.9 Å². The molecule has 0 saturated carbocycles. The minimum Gasteiger partial charge on any atom is -1.00 e. The molecule has 4 aromatic heterocycles. The molecule has 0 spiro atoms. The van der Waals surface area contributed by atoms with Crippen LogP contribution in [0.2, 0.25) is 0 Å². The van der Waals surface area contributed by atoms with Crippen molar-refractivity contribution < 1.29 is 184 Å². The van der Waals surface area contributed by atoms with Crippen molar-refractivity contribution in [3.63, 3.8) is 0 Å². The van der Waals surface area contributed by atoms with E-state index in [9.17, 15) is 0 Å². The van der Waals surface area contributed by atoms with Crippen LogP contribution in [-0.2, 0) is 53.5 Å². The monoisotopic (exact) mass is 599 g/mol. The van der Waals surface area contributed by atoms with Crippen LogP contribution < -0.4 is 134 Å². The predicted molar refractivity (Wildman–Crippen MR) is 70.3 cm³/mol. The maximum atomic E-state index is 8.64. The van der Waals surface area contributed by atoms with Crippen molar-refractivity contribution in [3.8, 4) is 23.3 Å². The molecule has 0 aromatic carbocycles. The SMILES string of the molecule is O=CO[O-].O=[C-]OO.[H-].[Mn].[Mn].[Na+].[Na+].[Na+].[Na+].n1n[n-]c(-c2nnn[n-]2)n1.n1nc(-c2nn[nH]n2)n[nH]1. The number of hydrogen-bond acceptors (Lipinski definition) is 18. The number of nitrogens with one attached hydrogen (secondary N) is 2. The molecule has 164 valence electrons. The summed E-state index contributed by atoms with van der Waals surface area (Å²) in [5.74, 6) is 1.14. The number of hydrogen-bond donors (Lipinski definition) is 3. The van der Waals surface area contributed by atoms with Crippen molar-refractivity contribution in [3.05, 3.63) is 0 Å². The summed E-state index contributed by atoms with van der Waals surface area (Å²) in [6.45, 7) is 0.556. The molecule has 0 fully saturated rings. The quantitative estimate of drug-likeness (QED) is 0.0644. The fourth-order valence-electron chi connectivity index (χ4n) is 0.981. The van der Waals surface area contributed by atoms with Gasteiger partial charge in [-0.1, -0.05) is 0 Å². The summed E-state index contributed by atoms with van der Waals surface area (Å²) < 4.78 is 0. The standard InChI is InChI=1S/C2H2N8.C2N8.CH2O3.CHO3.2Mn.4Na.H/c2*3-1(4-8-7-3)2-5-9-10-6-2;2*2-1-4-3;;;;;;;/h(H,3,4,7,8)(H,5,6,9,10);;1,3H;3H;;;;;;;/q;-2;;-1;;;4*+1;-1/p-1. The molecule has 2 radical (unpaired) electrons. The molecule has 34 heavy (non-hydrogen) atoms. The van der Waals surface area contributed by atoms with Crippen molar-refractivity contribution in [2.45, 2.75) is 0 Å². The summed E-state index contributed by atoms with van der Waals surface area (Å²) in [7, 11) is 0. The van der Waals surface area contributed by atoms with Gasteiger partial charge in [0.25, 0.3) is 6.47 Å². The summed E-state index contributed by atoms with van der Waals surface area (Å²) in [4.78, 5) is 22.6. The first-order valence-electron chi connectivity index (χ1n) is 6.01. The van der Waals surface area contributed by atoms with Gasteiger partial charge in [0.1, 0.15) is 0 Å². The third-order valence-electron chi connectivity index (χ3n) is 1.81. The second-order valence-electron chi connectivity index (χ2n) is 3.24. The second-order valence-corrected chi connectivity index (χ2v) is 3.24. The molecule has 28 heteroatoms. The molecule has 0 aliphatic rings. The van der Waals surface area contributed by atoms with E-state index in [1.807, 2.05) is 0 Å². The van der Waals surface area contributed by atoms with Gasteiger partial charge in [0.2, 0.25) is 11.6 Å². The van der Waals surface area contributed by atoms with Crippen molar-refractivity contribution >= 4 is 12.9 Å². The third kappa shape index (κ3) is 21.5. The zero-order valence-electron chi connectivity index (χ0n) is 18.6. The summed E-state index contributed by atoms with van der Waals surface area (Å²) in [5, 5.41) is 67.9. The summed E-state index contributed by atoms with van der Waals surface area (Å²) >= 11 is 0. The number of nitrogens with zero attached hydrogens (tertiary/aromatic N) is 14. The zero-order chi connectivity index (χ0) is 20.5. The first-order valence-corrected chi connectivity index (χ1v) is 6.01. The Bertz CT molecular complexity index is 727. The smallest absolute Gasteiger partial charge is 1.00 e. The van der Waals surface area contributed by atoms with Crippen LogP contribution in [0, 0.1) is 0 Å². The maximum absolute atomic E-state index is 8.64. The largest absolute Gasteiger partial charge is 1.00 e. The molecule has 0 aliphatic carbocycles. The van der Waals surface area contributed by atoms with Gasteiger partial charge >= 0.3 is 118 Å². The third-order valence-corrected chi connectivity index (χ3v) is 1.81. The fraction of sp³-hybridized carbons (Fsp3) is 0.